The maximum Gasteiger partial charge on any atom is 0.225 e. The fraction of sp³-hybridized carbons (Fsp3) is 0.400. The van der Waals surface area contributed by atoms with Crippen molar-refractivity contribution in [1.29, 1.82) is 0 Å². The molecule has 8 heteroatoms. The second-order valence-corrected chi connectivity index (χ2v) is 6.80. The number of nitrogens with zero attached hydrogens (tertiary/aromatic N) is 7. The molecule has 28 heavy (non-hydrogen) atoms. The number of fused-ring (bicyclic) bond motifs is 1. The maximum absolute atomic E-state index is 4.64. The first-order chi connectivity index (χ1) is 13.8. The number of aromatic nitrogens is 4. The Labute approximate surface area is 164 Å². The number of aryl methyl sites for hydroxylation is 1. The average Bonchev–Trinajstić information content (AvgIpc) is 3.07. The van der Waals surface area contributed by atoms with Gasteiger partial charge in [0.2, 0.25) is 5.95 Å². The van der Waals surface area contributed by atoms with Crippen LogP contribution in [0.3, 0.4) is 0 Å². The Balaban J connectivity index is 1.32. The van der Waals surface area contributed by atoms with Gasteiger partial charge in [-0.05, 0) is 25.1 Å². The lowest BCUT2D eigenvalue weighted by atomic mass is 10.3. The Bertz CT molecular complexity index is 941. The summed E-state index contributed by atoms with van der Waals surface area (Å²) in [6.07, 6.45) is 3.58. The van der Waals surface area contributed by atoms with Gasteiger partial charge in [-0.3, -0.25) is 4.99 Å². The van der Waals surface area contributed by atoms with Gasteiger partial charge in [-0.15, -0.1) is 0 Å². The van der Waals surface area contributed by atoms with Crippen molar-refractivity contribution in [2.24, 2.45) is 4.99 Å². The van der Waals surface area contributed by atoms with E-state index in [1.165, 1.54) is 5.52 Å². The summed E-state index contributed by atoms with van der Waals surface area (Å²) in [6, 6.07) is 10.1. The normalized spacial score (nSPS) is 15.3. The number of piperazine rings is 1. The molecule has 0 atom stereocenters. The second kappa shape index (κ2) is 8.24. The summed E-state index contributed by atoms with van der Waals surface area (Å²) in [6.45, 7) is 7.26. The van der Waals surface area contributed by atoms with Crippen molar-refractivity contribution in [1.82, 2.24) is 29.7 Å². The summed E-state index contributed by atoms with van der Waals surface area (Å²) in [4.78, 5) is 22.3. The number of imidazole rings is 1. The lowest BCUT2D eigenvalue weighted by molar-refractivity contribution is 0.369. The topological polar surface area (TPSA) is 74.5 Å². The molecule has 0 aliphatic carbocycles. The van der Waals surface area contributed by atoms with Crippen LogP contribution < -0.4 is 10.2 Å². The van der Waals surface area contributed by atoms with Crippen molar-refractivity contribution in [3.63, 3.8) is 0 Å². The standard InChI is InChI=1S/C20H26N8/c1-16-25-17-6-3-4-7-18(17)28(16)11-10-24-19(21-2)26-12-14-27(15-13-26)20-22-8-5-9-23-20/h3-9H,10-15H2,1-2H3,(H,21,24). The zero-order chi connectivity index (χ0) is 19.3. The summed E-state index contributed by atoms with van der Waals surface area (Å²) in [5, 5.41) is 3.50. The Kier molecular flexibility index (Phi) is 5.36. The van der Waals surface area contributed by atoms with Gasteiger partial charge in [0.05, 0.1) is 11.0 Å². The van der Waals surface area contributed by atoms with E-state index in [-0.39, 0.29) is 0 Å². The molecular weight excluding hydrogens is 352 g/mol. The number of nitrogens with one attached hydrogen (secondary N) is 1. The molecule has 0 saturated carbocycles. The molecule has 0 amide bonds. The van der Waals surface area contributed by atoms with Crippen LogP contribution >= 0.6 is 0 Å². The maximum atomic E-state index is 4.64. The fourth-order valence-electron chi connectivity index (χ4n) is 3.66. The number of hydrogen-bond donors (Lipinski definition) is 1. The molecule has 1 aliphatic rings. The number of para-hydroxylation sites is 2. The van der Waals surface area contributed by atoms with Gasteiger partial charge in [0, 0.05) is 58.7 Å². The molecule has 8 nitrogen and oxygen atoms in total. The molecule has 3 heterocycles. The molecule has 0 spiro atoms. The van der Waals surface area contributed by atoms with Gasteiger partial charge in [0.1, 0.15) is 5.82 Å². The highest BCUT2D eigenvalue weighted by Gasteiger charge is 2.21. The van der Waals surface area contributed by atoms with Gasteiger partial charge in [0.15, 0.2) is 5.96 Å². The van der Waals surface area contributed by atoms with E-state index < -0.39 is 0 Å². The van der Waals surface area contributed by atoms with Crippen molar-refractivity contribution in [2.75, 3.05) is 44.7 Å². The van der Waals surface area contributed by atoms with E-state index in [0.29, 0.717) is 0 Å². The third-order valence-corrected chi connectivity index (χ3v) is 5.09. The summed E-state index contributed by atoms with van der Waals surface area (Å²) in [7, 11) is 1.84. The molecule has 1 fully saturated rings. The predicted molar refractivity (Wildman–Crippen MR) is 112 cm³/mol. The lowest BCUT2D eigenvalue weighted by Crippen LogP contribution is -2.53. The Morgan fingerprint density at radius 2 is 1.82 bits per heavy atom. The number of hydrogen-bond acceptors (Lipinski definition) is 5. The second-order valence-electron chi connectivity index (χ2n) is 6.80. The average molecular weight is 378 g/mol. The zero-order valence-corrected chi connectivity index (χ0v) is 16.4. The molecule has 3 aromatic rings. The Morgan fingerprint density at radius 1 is 1.07 bits per heavy atom. The minimum absolute atomic E-state index is 0.799. The van der Waals surface area contributed by atoms with Crippen LogP contribution in [0, 0.1) is 6.92 Å². The van der Waals surface area contributed by atoms with Crippen LogP contribution in [0.25, 0.3) is 11.0 Å². The molecular formula is C20H26N8. The number of guanidine groups is 1. The summed E-state index contributed by atoms with van der Waals surface area (Å²) in [5.74, 6) is 2.78. The molecule has 1 aliphatic heterocycles. The highest BCUT2D eigenvalue weighted by Crippen LogP contribution is 2.15. The van der Waals surface area contributed by atoms with E-state index in [4.69, 9.17) is 0 Å². The molecule has 1 N–H and O–H groups in total. The van der Waals surface area contributed by atoms with E-state index in [1.54, 1.807) is 12.4 Å². The van der Waals surface area contributed by atoms with Gasteiger partial charge < -0.3 is 19.7 Å². The minimum Gasteiger partial charge on any atom is -0.354 e. The van der Waals surface area contributed by atoms with Crippen LogP contribution in [0.1, 0.15) is 5.82 Å². The van der Waals surface area contributed by atoms with E-state index in [0.717, 1.165) is 62.5 Å². The molecule has 2 aromatic heterocycles. The minimum atomic E-state index is 0.799. The van der Waals surface area contributed by atoms with Crippen molar-refractivity contribution in [3.8, 4) is 0 Å². The van der Waals surface area contributed by atoms with Crippen LogP contribution in [0.5, 0.6) is 0 Å². The van der Waals surface area contributed by atoms with E-state index in [2.05, 4.69) is 64.8 Å². The van der Waals surface area contributed by atoms with E-state index in [1.807, 2.05) is 19.2 Å². The van der Waals surface area contributed by atoms with Crippen LogP contribution in [-0.4, -0.2) is 70.1 Å². The summed E-state index contributed by atoms with van der Waals surface area (Å²) in [5.41, 5.74) is 2.22. The number of rotatable bonds is 4. The van der Waals surface area contributed by atoms with Gasteiger partial charge in [-0.25, -0.2) is 15.0 Å². The Morgan fingerprint density at radius 3 is 2.57 bits per heavy atom. The zero-order valence-electron chi connectivity index (χ0n) is 16.4. The summed E-state index contributed by atoms with van der Waals surface area (Å²) >= 11 is 0. The third kappa shape index (κ3) is 3.76. The first kappa shape index (κ1) is 18.2. The van der Waals surface area contributed by atoms with Crippen LogP contribution in [0.15, 0.2) is 47.7 Å². The van der Waals surface area contributed by atoms with Gasteiger partial charge in [-0.1, -0.05) is 12.1 Å². The van der Waals surface area contributed by atoms with Gasteiger partial charge in [-0.2, -0.15) is 0 Å². The quantitative estimate of drug-likeness (QED) is 0.548. The highest BCUT2D eigenvalue weighted by molar-refractivity contribution is 5.80. The molecule has 4 rings (SSSR count). The molecule has 1 aromatic carbocycles. The largest absolute Gasteiger partial charge is 0.354 e. The van der Waals surface area contributed by atoms with Gasteiger partial charge >= 0.3 is 0 Å². The lowest BCUT2D eigenvalue weighted by Gasteiger charge is -2.36. The van der Waals surface area contributed by atoms with Crippen LogP contribution in [0.4, 0.5) is 5.95 Å². The van der Waals surface area contributed by atoms with Crippen molar-refractivity contribution >= 4 is 22.9 Å². The van der Waals surface area contributed by atoms with E-state index >= 15 is 0 Å². The summed E-state index contributed by atoms with van der Waals surface area (Å²) < 4.78 is 2.25. The van der Waals surface area contributed by atoms with Crippen molar-refractivity contribution < 1.29 is 0 Å². The van der Waals surface area contributed by atoms with Crippen molar-refractivity contribution in [3.05, 3.63) is 48.5 Å². The molecule has 0 unspecified atom stereocenters. The highest BCUT2D eigenvalue weighted by atomic mass is 15.4. The SMILES string of the molecule is CN=C(NCCn1c(C)nc2ccccc21)N1CCN(c2ncccn2)CC1. The number of aliphatic imine (C=N–C) groups is 1. The van der Waals surface area contributed by atoms with Crippen molar-refractivity contribution in [2.45, 2.75) is 13.5 Å². The Hall–Kier alpha value is -3.16. The number of anilines is 1. The van der Waals surface area contributed by atoms with Gasteiger partial charge in [0.25, 0.3) is 0 Å². The first-order valence-electron chi connectivity index (χ1n) is 9.65. The molecule has 0 bridgehead atoms. The fourth-order valence-corrected chi connectivity index (χ4v) is 3.66. The number of benzene rings is 1. The van der Waals surface area contributed by atoms with Crippen LogP contribution in [0.2, 0.25) is 0 Å². The third-order valence-electron chi connectivity index (χ3n) is 5.09. The smallest absolute Gasteiger partial charge is 0.225 e. The predicted octanol–water partition coefficient (Wildman–Crippen LogP) is 1.53. The van der Waals surface area contributed by atoms with E-state index in [9.17, 15) is 0 Å². The molecule has 146 valence electrons. The monoisotopic (exact) mass is 378 g/mol. The molecule has 0 radical (unpaired) electrons. The van der Waals surface area contributed by atoms with Crippen LogP contribution in [-0.2, 0) is 6.54 Å². The molecule has 1 saturated heterocycles. The first-order valence-corrected chi connectivity index (χ1v) is 9.65.